The maximum absolute atomic E-state index is 13.9. The minimum atomic E-state index is -5.09. The van der Waals surface area contributed by atoms with Crippen LogP contribution in [-0.2, 0) is 71.2 Å². The monoisotopic (exact) mass is 1400 g/mol. The highest BCUT2D eigenvalue weighted by atomic mass is 19.4. The van der Waals surface area contributed by atoms with Gasteiger partial charge < -0.3 is 48.5 Å². The van der Waals surface area contributed by atoms with Gasteiger partial charge in [-0.3, -0.25) is 24.0 Å². The van der Waals surface area contributed by atoms with Gasteiger partial charge in [0.25, 0.3) is 11.8 Å². The normalized spacial score (nSPS) is 18.4. The maximum atomic E-state index is 13.9. The first-order chi connectivity index (χ1) is 48.4. The Kier molecular flexibility index (Phi) is 25.2. The molecular weight excluding hydrogens is 1310 g/mol. The molecule has 6 aromatic carbocycles. The average Bonchev–Trinajstić information content (AvgIpc) is 1.60. The van der Waals surface area contributed by atoms with Gasteiger partial charge in [-0.15, -0.1) is 0 Å². The number of unbranched alkanes of at least 4 members (excludes halogenated alkanes) is 2. The fraction of sp³-hybridized carbons (Fsp3) is 0.481. The number of esters is 1. The molecule has 3 saturated heterocycles. The number of nitrogens with zero attached hydrogens (tertiary/aromatic N) is 7. The maximum Gasteiger partial charge on any atom is 0.416 e. The molecule has 0 saturated carbocycles. The van der Waals surface area contributed by atoms with Crippen molar-refractivity contribution in [2.45, 2.75) is 132 Å². The van der Waals surface area contributed by atoms with Gasteiger partial charge in [0.1, 0.15) is 24.3 Å². The molecular formula is C79H94F7N7O8. The third kappa shape index (κ3) is 18.9. The van der Waals surface area contributed by atoms with Gasteiger partial charge in [0, 0.05) is 122 Å². The van der Waals surface area contributed by atoms with E-state index in [4.69, 9.17) is 14.2 Å². The molecule has 6 aromatic rings. The predicted molar refractivity (Wildman–Crippen MR) is 374 cm³/mol. The number of likely N-dealkylation sites (N-methyl/N-ethyl adjacent to an activating group) is 1. The van der Waals surface area contributed by atoms with E-state index in [0.29, 0.717) is 68.7 Å². The largest absolute Gasteiger partial charge is 0.462 e. The van der Waals surface area contributed by atoms with Crippen molar-refractivity contribution in [3.05, 3.63) is 195 Å². The van der Waals surface area contributed by atoms with E-state index in [-0.39, 0.29) is 67.1 Å². The van der Waals surface area contributed by atoms with Crippen molar-refractivity contribution in [2.24, 2.45) is 0 Å². The van der Waals surface area contributed by atoms with Crippen LogP contribution in [0.4, 0.5) is 36.4 Å². The van der Waals surface area contributed by atoms with Crippen molar-refractivity contribution in [1.29, 1.82) is 0 Å². The number of amides is 4. The number of likely N-dealkylation sites (tertiary alicyclic amines) is 2. The summed E-state index contributed by atoms with van der Waals surface area (Å²) in [6.45, 7) is 9.81. The summed E-state index contributed by atoms with van der Waals surface area (Å²) in [5, 5.41) is 0. The van der Waals surface area contributed by atoms with Gasteiger partial charge in [0.2, 0.25) is 11.8 Å². The Balaban J connectivity index is 0.000000221. The molecule has 1 spiro atoms. The molecule has 22 heteroatoms. The van der Waals surface area contributed by atoms with E-state index >= 15 is 0 Å². The average molecular weight is 1400 g/mol. The van der Waals surface area contributed by atoms with E-state index in [0.717, 1.165) is 132 Å². The zero-order valence-corrected chi connectivity index (χ0v) is 58.6. The Bertz CT molecular complexity index is 3770. The molecule has 0 aromatic heterocycles. The predicted octanol–water partition coefficient (Wildman–Crippen LogP) is 13.5. The van der Waals surface area contributed by atoms with Crippen LogP contribution in [0.25, 0.3) is 11.1 Å². The van der Waals surface area contributed by atoms with Crippen LogP contribution in [0.3, 0.4) is 0 Å². The number of ether oxygens (including phenoxy) is 3. The van der Waals surface area contributed by atoms with Gasteiger partial charge in [-0.05, 0) is 165 Å². The van der Waals surface area contributed by atoms with Gasteiger partial charge in [-0.1, -0.05) is 104 Å². The topological polar surface area (TPSA) is 136 Å². The smallest absolute Gasteiger partial charge is 0.416 e. The van der Waals surface area contributed by atoms with E-state index in [9.17, 15) is 54.7 Å². The lowest BCUT2D eigenvalue weighted by Gasteiger charge is -2.44. The SMILES string of the molecule is CCC(=O)N(C)CCCN(C)C(=O)c1ccc2c(c1)CCN2CCCCCC(=O)N(C)CCN1CCC(OC(=O)Cc2ccccc2-c2ccccc2)CC1.CO[C@H]1Cc2ccccc2C12CCN(CC[C@@]1(c3ccc(F)cc3)CN(C(=O)c3cc(C(F)(F)F)cc(C(F)(F)F)c3)CO1)CC2. The van der Waals surface area contributed by atoms with Gasteiger partial charge in [-0.2, -0.15) is 26.3 Å². The summed E-state index contributed by atoms with van der Waals surface area (Å²) in [4.78, 5) is 77.5. The summed E-state index contributed by atoms with van der Waals surface area (Å²) < 4.78 is 113. The fourth-order valence-corrected chi connectivity index (χ4v) is 15.1. The third-order valence-corrected chi connectivity index (χ3v) is 21.0. The first-order valence-electron chi connectivity index (χ1n) is 35.4. The van der Waals surface area contributed by atoms with E-state index < -0.39 is 46.4 Å². The molecule has 4 aliphatic heterocycles. The molecule has 542 valence electrons. The van der Waals surface area contributed by atoms with Crippen LogP contribution in [0.2, 0.25) is 0 Å². The number of piperidine rings is 2. The number of methoxy groups -OCH3 is 1. The minimum absolute atomic E-state index is 0.0121. The molecule has 0 bridgehead atoms. The second kappa shape index (κ2) is 33.7. The van der Waals surface area contributed by atoms with Crippen LogP contribution >= 0.6 is 0 Å². The van der Waals surface area contributed by atoms with Crippen LogP contribution in [0.5, 0.6) is 0 Å². The standard InChI is InChI=1S/C45H61N5O5.C34H33F7N2O3/c1-5-42(51)46(2)25-14-26-48(4)45(54)38-20-21-41-37(33-38)22-30-50(41)27-13-7-10-19-43(52)47(3)31-32-49-28-23-39(24-29-49)55-44(53)34-36-17-11-12-18-40(36)35-15-8-6-9-16-35;1-45-29-18-22-4-2-3-5-28(22)31(29)10-13-42(14-11-31)15-12-32(24-6-8-27(35)9-7-24)20-43(21-46-32)30(44)23-16-25(33(36,37)38)19-26(17-23)34(39,40)41/h6,8-9,11-12,15-18,20-21,33,39H,5,7,10,13-14,19,22-32,34H2,1-4H3;2-9,16-17,19,29H,10-15,18,20-21H2,1H3/t;29-,32-/m.0/s1. The second-order valence-electron chi connectivity index (χ2n) is 27.6. The molecule has 0 radical (unpaired) electrons. The number of fused-ring (bicyclic) bond motifs is 3. The lowest BCUT2D eigenvalue weighted by Crippen LogP contribution is -2.49. The number of alkyl halides is 6. The lowest BCUT2D eigenvalue weighted by molar-refractivity contribution is -0.150. The molecule has 0 N–H and O–H groups in total. The van der Waals surface area contributed by atoms with E-state index in [1.165, 1.54) is 46.6 Å². The molecule has 4 amide bonds. The highest BCUT2D eigenvalue weighted by Crippen LogP contribution is 2.48. The van der Waals surface area contributed by atoms with E-state index in [1.807, 2.05) is 93.6 Å². The number of benzene rings is 6. The summed E-state index contributed by atoms with van der Waals surface area (Å²) >= 11 is 0. The molecule has 5 aliphatic rings. The minimum Gasteiger partial charge on any atom is -0.462 e. The molecule has 1 aliphatic carbocycles. The first-order valence-corrected chi connectivity index (χ1v) is 35.4. The molecule has 3 fully saturated rings. The van der Waals surface area contributed by atoms with Crippen LogP contribution in [0.1, 0.15) is 137 Å². The zero-order valence-electron chi connectivity index (χ0n) is 58.6. The molecule has 0 unspecified atom stereocenters. The third-order valence-electron chi connectivity index (χ3n) is 21.0. The molecule has 15 nitrogen and oxygen atoms in total. The van der Waals surface area contributed by atoms with Crippen molar-refractivity contribution < 1.29 is 68.9 Å². The summed E-state index contributed by atoms with van der Waals surface area (Å²) in [5.41, 5.74) is 4.33. The van der Waals surface area contributed by atoms with Crippen LogP contribution < -0.4 is 4.90 Å². The summed E-state index contributed by atoms with van der Waals surface area (Å²) in [6.07, 6.45) is 0.281. The number of halogens is 7. The van der Waals surface area contributed by atoms with Crippen molar-refractivity contribution in [2.75, 3.05) is 118 Å². The number of carbonyl (C=O) groups excluding carboxylic acids is 5. The van der Waals surface area contributed by atoms with Gasteiger partial charge in [-0.25, -0.2) is 4.39 Å². The van der Waals surface area contributed by atoms with Gasteiger partial charge >= 0.3 is 18.3 Å². The Hall–Kier alpha value is -8.18. The van der Waals surface area contributed by atoms with Crippen molar-refractivity contribution in [3.8, 4) is 11.1 Å². The van der Waals surface area contributed by atoms with Gasteiger partial charge in [0.15, 0.2) is 0 Å². The summed E-state index contributed by atoms with van der Waals surface area (Å²) in [6, 6.07) is 39.0. The summed E-state index contributed by atoms with van der Waals surface area (Å²) in [5.74, 6) is -1.36. The fourth-order valence-electron chi connectivity index (χ4n) is 15.1. The first kappa shape index (κ1) is 75.5. The van der Waals surface area contributed by atoms with E-state index in [1.54, 1.807) is 16.9 Å². The molecule has 2 atom stereocenters. The van der Waals surface area contributed by atoms with Crippen molar-refractivity contribution in [1.82, 2.24) is 29.4 Å². The Morgan fingerprint density at radius 1 is 0.634 bits per heavy atom. The number of hydrogen-bond donors (Lipinski definition) is 0. The Labute approximate surface area is 588 Å². The Morgan fingerprint density at radius 2 is 1.29 bits per heavy atom. The van der Waals surface area contributed by atoms with Crippen LogP contribution in [0.15, 0.2) is 140 Å². The highest BCUT2D eigenvalue weighted by molar-refractivity contribution is 5.95. The zero-order chi connectivity index (χ0) is 72.1. The number of carbonyl (C=O) groups is 5. The molecule has 101 heavy (non-hydrogen) atoms. The van der Waals surface area contributed by atoms with Crippen molar-refractivity contribution >= 4 is 35.3 Å². The molecule has 4 heterocycles. The van der Waals surface area contributed by atoms with Crippen LogP contribution in [-0.4, -0.2) is 185 Å². The Morgan fingerprint density at radius 3 is 1.98 bits per heavy atom. The van der Waals surface area contributed by atoms with Crippen molar-refractivity contribution in [3.63, 3.8) is 0 Å². The number of rotatable bonds is 25. The number of anilines is 1. The second-order valence-corrected chi connectivity index (χ2v) is 27.6. The van der Waals surface area contributed by atoms with Gasteiger partial charge in [0.05, 0.1) is 30.2 Å². The van der Waals surface area contributed by atoms with Crippen LogP contribution in [0, 0.1) is 5.82 Å². The highest BCUT2D eigenvalue weighted by Gasteiger charge is 2.50. The van der Waals surface area contributed by atoms with E-state index in [2.05, 4.69) is 51.1 Å². The lowest BCUT2D eigenvalue weighted by atomic mass is 9.72. The quantitative estimate of drug-likeness (QED) is 0.0308. The number of hydrogen-bond acceptors (Lipinski definition) is 11. The molecule has 11 rings (SSSR count). The summed E-state index contributed by atoms with van der Waals surface area (Å²) in [7, 11) is 7.28.